The third-order valence-electron chi connectivity index (χ3n) is 3.53. The predicted octanol–water partition coefficient (Wildman–Crippen LogP) is 0.845. The second-order valence-electron chi connectivity index (χ2n) is 4.61. The Morgan fingerprint density at radius 2 is 2.00 bits per heavy atom. The highest BCUT2D eigenvalue weighted by Gasteiger charge is 2.34. The van der Waals surface area contributed by atoms with E-state index in [0.29, 0.717) is 26.3 Å². The van der Waals surface area contributed by atoms with Gasteiger partial charge in [0.2, 0.25) is 0 Å². The fraction of sp³-hybridized carbons (Fsp3) is 0.462. The Morgan fingerprint density at radius 1 is 1.22 bits per heavy atom. The zero-order chi connectivity index (χ0) is 12.5. The van der Waals surface area contributed by atoms with Crippen LogP contribution in [0, 0.1) is 5.92 Å². The number of hydrogen-bond acceptors (Lipinski definition) is 4. The molecule has 5 nitrogen and oxygen atoms in total. The van der Waals surface area contributed by atoms with Crippen molar-refractivity contribution >= 4 is 5.97 Å². The second-order valence-corrected chi connectivity index (χ2v) is 4.61. The number of carbonyl (C=O) groups is 1. The Bertz CT molecular complexity index is 474. The first-order valence-electron chi connectivity index (χ1n) is 6.09. The minimum atomic E-state index is -0.750. The molecular weight excluding hydrogens is 234 g/mol. The molecule has 1 saturated heterocycles. The minimum absolute atomic E-state index is 0.00155. The van der Waals surface area contributed by atoms with Crippen LogP contribution in [0.2, 0.25) is 0 Å². The van der Waals surface area contributed by atoms with E-state index in [0.717, 1.165) is 17.1 Å². The van der Waals surface area contributed by atoms with Crippen molar-refractivity contribution < 1.29 is 19.4 Å². The maximum atomic E-state index is 11.2. The van der Waals surface area contributed by atoms with E-state index in [4.69, 9.17) is 9.47 Å². The van der Waals surface area contributed by atoms with E-state index in [1.165, 1.54) is 0 Å². The molecule has 0 bridgehead atoms. The quantitative estimate of drug-likeness (QED) is 0.813. The van der Waals surface area contributed by atoms with Gasteiger partial charge in [-0.2, -0.15) is 0 Å². The fourth-order valence-corrected chi connectivity index (χ4v) is 2.58. The molecule has 2 N–H and O–H groups in total. The van der Waals surface area contributed by atoms with Gasteiger partial charge in [-0.15, -0.1) is 0 Å². The lowest BCUT2D eigenvalue weighted by molar-refractivity contribution is -0.141. The summed E-state index contributed by atoms with van der Waals surface area (Å²) in [6.07, 6.45) is 0. The van der Waals surface area contributed by atoms with Gasteiger partial charge in [-0.1, -0.05) is 6.07 Å². The lowest BCUT2D eigenvalue weighted by atomic mass is 9.89. The Hall–Kier alpha value is -1.75. The van der Waals surface area contributed by atoms with Crippen molar-refractivity contribution in [3.63, 3.8) is 0 Å². The van der Waals surface area contributed by atoms with Gasteiger partial charge in [0.25, 0.3) is 0 Å². The van der Waals surface area contributed by atoms with Gasteiger partial charge in [0.1, 0.15) is 13.2 Å². The van der Waals surface area contributed by atoms with E-state index >= 15 is 0 Å². The third-order valence-corrected chi connectivity index (χ3v) is 3.53. The van der Waals surface area contributed by atoms with Crippen molar-refractivity contribution in [3.8, 4) is 11.5 Å². The molecule has 1 fully saturated rings. The number of fused-ring (bicyclic) bond motifs is 1. The average molecular weight is 249 g/mol. The number of hydrogen-bond donors (Lipinski definition) is 2. The lowest BCUT2D eigenvalue weighted by Gasteiger charge is -2.21. The molecule has 0 aliphatic carbocycles. The van der Waals surface area contributed by atoms with Crippen LogP contribution in [-0.4, -0.2) is 37.4 Å². The molecule has 1 aromatic carbocycles. The predicted molar refractivity (Wildman–Crippen MR) is 64.2 cm³/mol. The summed E-state index contributed by atoms with van der Waals surface area (Å²) in [4.78, 5) is 11.2. The molecule has 18 heavy (non-hydrogen) atoms. The van der Waals surface area contributed by atoms with E-state index in [9.17, 15) is 9.90 Å². The van der Waals surface area contributed by atoms with Gasteiger partial charge in [0.15, 0.2) is 11.5 Å². The molecule has 3 rings (SSSR count). The van der Waals surface area contributed by atoms with Crippen LogP contribution in [0.1, 0.15) is 11.5 Å². The zero-order valence-electron chi connectivity index (χ0n) is 9.89. The molecule has 0 unspecified atom stereocenters. The maximum Gasteiger partial charge on any atom is 0.308 e. The molecule has 2 atom stereocenters. The Balaban J connectivity index is 1.90. The van der Waals surface area contributed by atoms with Gasteiger partial charge in [-0.3, -0.25) is 4.79 Å². The number of rotatable bonds is 2. The standard InChI is InChI=1S/C13H15NO4/c15-13(16)10-7-14-6-9(10)8-1-2-11-12(5-8)18-4-3-17-11/h1-2,5,9-10,14H,3-4,6-7H2,(H,15,16)/t9-,10+/m0/s1. The second kappa shape index (κ2) is 4.49. The topological polar surface area (TPSA) is 67.8 Å². The normalized spacial score (nSPS) is 26.0. The molecule has 2 aliphatic rings. The average Bonchev–Trinajstić information content (AvgIpc) is 2.87. The van der Waals surface area contributed by atoms with Crippen LogP contribution in [0.3, 0.4) is 0 Å². The SMILES string of the molecule is O=C(O)[C@@H]1CNC[C@H]1c1ccc2c(c1)OCCO2. The first kappa shape index (κ1) is 11.3. The van der Waals surface area contributed by atoms with Crippen molar-refractivity contribution in [3.05, 3.63) is 23.8 Å². The van der Waals surface area contributed by atoms with E-state index in [-0.39, 0.29) is 11.8 Å². The highest BCUT2D eigenvalue weighted by molar-refractivity contribution is 5.72. The molecule has 0 amide bonds. The number of benzene rings is 1. The summed E-state index contributed by atoms with van der Waals surface area (Å²) in [5.74, 6) is 0.336. The van der Waals surface area contributed by atoms with E-state index in [1.54, 1.807) is 0 Å². The van der Waals surface area contributed by atoms with Crippen molar-refractivity contribution in [2.24, 2.45) is 5.92 Å². The van der Waals surface area contributed by atoms with Gasteiger partial charge in [0, 0.05) is 19.0 Å². The first-order valence-corrected chi connectivity index (χ1v) is 6.09. The van der Waals surface area contributed by atoms with Crippen LogP contribution >= 0.6 is 0 Å². The summed E-state index contributed by atoms with van der Waals surface area (Å²) in [6, 6.07) is 5.70. The summed E-state index contributed by atoms with van der Waals surface area (Å²) < 4.78 is 11.0. The molecule has 2 aliphatic heterocycles. The number of ether oxygens (including phenoxy) is 2. The van der Waals surface area contributed by atoms with Crippen LogP contribution in [0.4, 0.5) is 0 Å². The Labute approximate surface area is 105 Å². The molecular formula is C13H15NO4. The molecule has 1 aromatic rings. The number of aliphatic carboxylic acids is 1. The van der Waals surface area contributed by atoms with Gasteiger partial charge in [0.05, 0.1) is 5.92 Å². The van der Waals surface area contributed by atoms with Gasteiger partial charge < -0.3 is 19.9 Å². The van der Waals surface area contributed by atoms with E-state index in [1.807, 2.05) is 18.2 Å². The monoisotopic (exact) mass is 249 g/mol. The van der Waals surface area contributed by atoms with Crippen molar-refractivity contribution in [1.29, 1.82) is 0 Å². The van der Waals surface area contributed by atoms with E-state index < -0.39 is 5.97 Å². The number of nitrogens with one attached hydrogen (secondary N) is 1. The van der Waals surface area contributed by atoms with Gasteiger partial charge >= 0.3 is 5.97 Å². The van der Waals surface area contributed by atoms with Crippen molar-refractivity contribution in [1.82, 2.24) is 5.32 Å². The molecule has 5 heteroatoms. The Kier molecular flexibility index (Phi) is 2.83. The first-order chi connectivity index (χ1) is 8.75. The van der Waals surface area contributed by atoms with Gasteiger partial charge in [-0.25, -0.2) is 0 Å². The van der Waals surface area contributed by atoms with E-state index in [2.05, 4.69) is 5.32 Å². The lowest BCUT2D eigenvalue weighted by Crippen LogP contribution is -2.21. The fourth-order valence-electron chi connectivity index (χ4n) is 2.58. The molecule has 0 radical (unpaired) electrons. The number of carboxylic acids is 1. The largest absolute Gasteiger partial charge is 0.486 e. The van der Waals surface area contributed by atoms with Crippen LogP contribution in [0.25, 0.3) is 0 Å². The van der Waals surface area contributed by atoms with Crippen LogP contribution in [0.15, 0.2) is 18.2 Å². The molecule has 0 spiro atoms. The summed E-state index contributed by atoms with van der Waals surface area (Å²) >= 11 is 0. The van der Waals surface area contributed by atoms with Gasteiger partial charge in [-0.05, 0) is 17.7 Å². The Morgan fingerprint density at radius 3 is 2.78 bits per heavy atom. The van der Waals surface area contributed by atoms with Crippen molar-refractivity contribution in [2.45, 2.75) is 5.92 Å². The summed E-state index contributed by atoms with van der Waals surface area (Å²) in [5, 5.41) is 12.3. The molecule has 0 aromatic heterocycles. The highest BCUT2D eigenvalue weighted by Crippen LogP contribution is 2.36. The van der Waals surface area contributed by atoms with Crippen LogP contribution in [-0.2, 0) is 4.79 Å². The smallest absolute Gasteiger partial charge is 0.308 e. The zero-order valence-corrected chi connectivity index (χ0v) is 9.89. The number of carboxylic acid groups (broad SMARTS) is 1. The van der Waals surface area contributed by atoms with Crippen LogP contribution < -0.4 is 14.8 Å². The van der Waals surface area contributed by atoms with Crippen LogP contribution in [0.5, 0.6) is 11.5 Å². The highest BCUT2D eigenvalue weighted by atomic mass is 16.6. The van der Waals surface area contributed by atoms with Crippen molar-refractivity contribution in [2.75, 3.05) is 26.3 Å². The minimum Gasteiger partial charge on any atom is -0.486 e. The summed E-state index contributed by atoms with van der Waals surface area (Å²) in [6.45, 7) is 2.32. The maximum absolute atomic E-state index is 11.2. The summed E-state index contributed by atoms with van der Waals surface area (Å²) in [5.41, 5.74) is 0.997. The summed E-state index contributed by atoms with van der Waals surface area (Å²) in [7, 11) is 0. The molecule has 2 heterocycles. The third kappa shape index (κ3) is 1.90. The molecule has 0 saturated carbocycles. The molecule has 96 valence electrons.